The Kier molecular flexibility index (Phi) is 9.19. The Morgan fingerprint density at radius 2 is 1.61 bits per heavy atom. The van der Waals surface area contributed by atoms with Crippen LogP contribution in [0.3, 0.4) is 0 Å². The average Bonchev–Trinajstić information content (AvgIpc) is 3.89. The number of rotatable bonds is 8. The van der Waals surface area contributed by atoms with Crippen molar-refractivity contribution in [3.63, 3.8) is 0 Å². The third kappa shape index (κ3) is 5.76. The van der Waals surface area contributed by atoms with Crippen LogP contribution in [0, 0.1) is 23.7 Å². The molecule has 1 aromatic heterocycles. The topological polar surface area (TPSA) is 152 Å². The minimum Gasteiger partial charge on any atom is -0.504 e. The summed E-state index contributed by atoms with van der Waals surface area (Å²) < 4.78 is 17.0. The number of nitrogens with one attached hydrogen (secondary N) is 1. The maximum atomic E-state index is 15.6. The van der Waals surface area contributed by atoms with E-state index in [4.69, 9.17) is 37.1 Å². The van der Waals surface area contributed by atoms with E-state index in [9.17, 15) is 14.7 Å². The molecule has 306 valence electrons. The number of aromatic hydroxyl groups is 1. The molecule has 4 amide bonds. The number of anilines is 2. The van der Waals surface area contributed by atoms with Crippen LogP contribution in [0.15, 0.2) is 125 Å². The SMILES string of the molecule is COc1ccc([C@@]23C(=O)N(Nc4ccc(Cl)cc4Cl)C(=O)[C@@H]2C[C@@H]2C(=CC[C@@H]4C(=O)N(c5ccc(-c6nc7ccccc7o6)cc5)C(=O)[C@@H]42)[C@@H]3c2cccc(OC)c2O)cc1. The quantitative estimate of drug-likeness (QED) is 0.112. The van der Waals surface area contributed by atoms with E-state index >= 15 is 9.59 Å². The van der Waals surface area contributed by atoms with Gasteiger partial charge in [0.2, 0.25) is 17.7 Å². The van der Waals surface area contributed by atoms with Crippen molar-refractivity contribution < 1.29 is 38.2 Å². The third-order valence-corrected chi connectivity index (χ3v) is 13.4. The Morgan fingerprint density at radius 1 is 0.836 bits per heavy atom. The zero-order valence-electron chi connectivity index (χ0n) is 32.7. The number of ether oxygens (including phenoxy) is 2. The monoisotopic (exact) mass is 854 g/mol. The zero-order valence-corrected chi connectivity index (χ0v) is 34.2. The molecule has 2 aliphatic carbocycles. The van der Waals surface area contributed by atoms with E-state index in [1.807, 2.05) is 30.3 Å². The molecule has 0 radical (unpaired) electrons. The lowest BCUT2D eigenvalue weighted by Gasteiger charge is -2.50. The lowest BCUT2D eigenvalue weighted by Crippen LogP contribution is -2.53. The first-order valence-electron chi connectivity index (χ1n) is 19.7. The Morgan fingerprint density at radius 3 is 2.33 bits per heavy atom. The number of methoxy groups -OCH3 is 2. The first-order chi connectivity index (χ1) is 29.5. The molecule has 5 aromatic carbocycles. The number of imide groups is 2. The Labute approximate surface area is 359 Å². The van der Waals surface area contributed by atoms with E-state index in [2.05, 4.69) is 10.4 Å². The lowest BCUT2D eigenvalue weighted by atomic mass is 9.49. The van der Waals surface area contributed by atoms with Gasteiger partial charge in [0, 0.05) is 22.1 Å². The number of benzene rings is 5. The number of para-hydroxylation sites is 3. The third-order valence-electron chi connectivity index (χ3n) is 12.8. The fraction of sp³-hybridized carbons (Fsp3) is 0.213. The molecule has 0 bridgehead atoms. The second-order valence-electron chi connectivity index (χ2n) is 15.7. The minimum absolute atomic E-state index is 0.0425. The molecular formula is C47H36Cl2N4O8. The zero-order chi connectivity index (χ0) is 42.3. The number of allylic oxidation sites excluding steroid dienone is 2. The molecule has 10 rings (SSSR count). The fourth-order valence-corrected chi connectivity index (χ4v) is 10.6. The largest absolute Gasteiger partial charge is 0.504 e. The Bertz CT molecular complexity index is 2810. The highest BCUT2D eigenvalue weighted by atomic mass is 35.5. The minimum atomic E-state index is -1.67. The van der Waals surface area contributed by atoms with Gasteiger partial charge < -0.3 is 19.0 Å². The predicted octanol–water partition coefficient (Wildman–Crippen LogP) is 8.71. The van der Waals surface area contributed by atoms with Crippen LogP contribution in [0.5, 0.6) is 17.2 Å². The maximum absolute atomic E-state index is 15.6. The van der Waals surface area contributed by atoms with Crippen LogP contribution in [0.1, 0.15) is 29.9 Å². The highest BCUT2D eigenvalue weighted by molar-refractivity contribution is 6.36. The number of halogens is 2. The molecule has 1 saturated carbocycles. The summed E-state index contributed by atoms with van der Waals surface area (Å²) in [5.74, 6) is -5.43. The molecule has 2 aliphatic heterocycles. The first kappa shape index (κ1) is 38.6. The van der Waals surface area contributed by atoms with Gasteiger partial charge in [-0.15, -0.1) is 0 Å². The van der Waals surface area contributed by atoms with Crippen molar-refractivity contribution in [2.75, 3.05) is 24.5 Å². The summed E-state index contributed by atoms with van der Waals surface area (Å²) in [6.07, 6.45) is 2.15. The molecule has 6 aromatic rings. The van der Waals surface area contributed by atoms with Crippen LogP contribution in [0.25, 0.3) is 22.6 Å². The van der Waals surface area contributed by atoms with E-state index in [1.165, 1.54) is 25.2 Å². The van der Waals surface area contributed by atoms with E-state index < -0.39 is 52.7 Å². The molecule has 3 fully saturated rings. The van der Waals surface area contributed by atoms with Gasteiger partial charge in [-0.2, -0.15) is 5.01 Å². The van der Waals surface area contributed by atoms with Crippen molar-refractivity contribution in [2.24, 2.45) is 23.7 Å². The number of hydrogen-bond donors (Lipinski definition) is 2. The van der Waals surface area contributed by atoms with E-state index in [-0.39, 0.29) is 41.0 Å². The standard InChI is InChI=1S/C47H36Cl2N4O8/c1-59-28-17-12-25(13-18-28)47-33(44(56)53(46(47)58)51-35-21-14-26(48)22-34(35)49)23-32-29(40(47)31-6-5-9-38(60-2)41(31)54)19-20-30-39(32)45(57)52(43(30)55)27-15-10-24(11-16-27)42-50-36-7-3-4-8-37(36)61-42/h3-19,21-22,30,32-33,39-40,51,54H,20,23H2,1-2H3/t30-,32+,33-,39-,40+,47+/m0/s1. The van der Waals surface area contributed by atoms with Crippen molar-refractivity contribution in [1.82, 2.24) is 9.99 Å². The van der Waals surface area contributed by atoms with Gasteiger partial charge in [0.15, 0.2) is 17.1 Å². The highest BCUT2D eigenvalue weighted by Crippen LogP contribution is 2.65. The number of hydrazine groups is 1. The van der Waals surface area contributed by atoms with Crippen LogP contribution in [0.4, 0.5) is 11.4 Å². The van der Waals surface area contributed by atoms with Crippen LogP contribution in [-0.2, 0) is 24.6 Å². The number of oxazole rings is 1. The number of fused-ring (bicyclic) bond motifs is 5. The molecular weight excluding hydrogens is 819 g/mol. The molecule has 0 spiro atoms. The van der Waals surface area contributed by atoms with Crippen LogP contribution in [-0.4, -0.2) is 52.9 Å². The number of phenols is 1. The van der Waals surface area contributed by atoms with E-state index in [0.29, 0.717) is 55.7 Å². The van der Waals surface area contributed by atoms with Crippen molar-refractivity contribution >= 4 is 69.3 Å². The Balaban J connectivity index is 1.10. The number of hydrogen-bond acceptors (Lipinski definition) is 10. The van der Waals surface area contributed by atoms with Crippen LogP contribution >= 0.6 is 23.2 Å². The summed E-state index contributed by atoms with van der Waals surface area (Å²) in [6, 6.07) is 31.0. The van der Waals surface area contributed by atoms with Gasteiger partial charge in [0.1, 0.15) is 11.3 Å². The van der Waals surface area contributed by atoms with Gasteiger partial charge in [-0.05, 0) is 97.1 Å². The number of carbonyl (C=O) groups is 4. The van der Waals surface area contributed by atoms with Crippen molar-refractivity contribution in [3.8, 4) is 28.7 Å². The van der Waals surface area contributed by atoms with Crippen molar-refractivity contribution in [1.29, 1.82) is 0 Å². The molecule has 4 aliphatic rings. The summed E-state index contributed by atoms with van der Waals surface area (Å²) >= 11 is 12.8. The number of amides is 4. The summed E-state index contributed by atoms with van der Waals surface area (Å²) in [7, 11) is 2.96. The fourth-order valence-electron chi connectivity index (χ4n) is 10.1. The summed E-state index contributed by atoms with van der Waals surface area (Å²) in [5, 5.41) is 13.5. The number of aromatic nitrogens is 1. The van der Waals surface area contributed by atoms with Crippen molar-refractivity contribution in [3.05, 3.63) is 142 Å². The number of nitrogens with zero attached hydrogens (tertiary/aromatic N) is 3. The second kappa shape index (κ2) is 14.5. The normalized spacial score (nSPS) is 24.4. The Hall–Kier alpha value is -6.63. The van der Waals surface area contributed by atoms with Gasteiger partial charge in [-0.3, -0.25) is 29.5 Å². The molecule has 2 N–H and O–H groups in total. The highest BCUT2D eigenvalue weighted by Gasteiger charge is 2.70. The smallest absolute Gasteiger partial charge is 0.260 e. The molecule has 0 unspecified atom stereocenters. The van der Waals surface area contributed by atoms with E-state index in [1.54, 1.807) is 78.9 Å². The van der Waals surface area contributed by atoms with Crippen LogP contribution < -0.4 is 19.8 Å². The molecule has 12 nitrogen and oxygen atoms in total. The summed E-state index contributed by atoms with van der Waals surface area (Å²) in [5.41, 5.74) is 5.47. The number of carbonyl (C=O) groups excluding carboxylic acids is 4. The maximum Gasteiger partial charge on any atom is 0.260 e. The van der Waals surface area contributed by atoms with Crippen LogP contribution in [0.2, 0.25) is 10.0 Å². The van der Waals surface area contributed by atoms with Gasteiger partial charge in [0.05, 0.1) is 53.8 Å². The molecule has 6 atom stereocenters. The van der Waals surface area contributed by atoms with Gasteiger partial charge in [0.25, 0.3) is 11.8 Å². The van der Waals surface area contributed by atoms with Gasteiger partial charge in [-0.25, -0.2) is 4.98 Å². The lowest BCUT2D eigenvalue weighted by molar-refractivity contribution is -0.138. The second-order valence-corrected chi connectivity index (χ2v) is 16.5. The van der Waals surface area contributed by atoms with Gasteiger partial charge >= 0.3 is 0 Å². The molecule has 14 heteroatoms. The molecule has 2 saturated heterocycles. The molecule has 3 heterocycles. The van der Waals surface area contributed by atoms with Crippen molar-refractivity contribution in [2.45, 2.75) is 24.2 Å². The summed E-state index contributed by atoms with van der Waals surface area (Å²) in [6.45, 7) is 0. The predicted molar refractivity (Wildman–Crippen MR) is 227 cm³/mol. The average molecular weight is 856 g/mol. The van der Waals surface area contributed by atoms with E-state index in [0.717, 1.165) is 5.01 Å². The number of phenolic OH excluding ortho intramolecular Hbond substituents is 1. The molecule has 61 heavy (non-hydrogen) atoms. The first-order valence-corrected chi connectivity index (χ1v) is 20.4. The van der Waals surface area contributed by atoms with Gasteiger partial charge in [-0.1, -0.05) is 71.2 Å². The summed E-state index contributed by atoms with van der Waals surface area (Å²) in [4.78, 5) is 65.7.